The van der Waals surface area contributed by atoms with Gasteiger partial charge in [0.15, 0.2) is 0 Å². The van der Waals surface area contributed by atoms with Crippen molar-refractivity contribution in [2.45, 2.75) is 19.3 Å². The van der Waals surface area contributed by atoms with Gasteiger partial charge >= 0.3 is 0 Å². The van der Waals surface area contributed by atoms with Crippen LogP contribution < -0.4 is 11.5 Å². The standard InChI is InChI=1S/C14H15N3O2/c15-13(18)7-4-5-8-9-2-1-3-10(14(16)19)12(9)17-11(8)6-7/h1-3,7,17H,4-6H2,(H2,15,18)(H2,16,19). The lowest BCUT2D eigenvalue weighted by Gasteiger charge is -2.19. The Hall–Kier alpha value is -2.30. The number of aryl methyl sites for hydroxylation is 1. The van der Waals surface area contributed by atoms with Crippen molar-refractivity contribution in [3.05, 3.63) is 35.0 Å². The second-order valence-electron chi connectivity index (χ2n) is 5.02. The molecule has 0 bridgehead atoms. The van der Waals surface area contributed by atoms with Gasteiger partial charge in [0.25, 0.3) is 5.91 Å². The van der Waals surface area contributed by atoms with Crippen LogP contribution >= 0.6 is 0 Å². The van der Waals surface area contributed by atoms with Crippen LogP contribution in [0.15, 0.2) is 18.2 Å². The van der Waals surface area contributed by atoms with E-state index in [1.807, 2.05) is 12.1 Å². The molecular formula is C14H15N3O2. The number of nitrogens with two attached hydrogens (primary N) is 2. The molecule has 1 aromatic carbocycles. The molecule has 0 radical (unpaired) electrons. The SMILES string of the molecule is NC(=O)c1cccc2c3c([nH]c12)CC(C(N)=O)CC3. The zero-order chi connectivity index (χ0) is 13.6. The lowest BCUT2D eigenvalue weighted by Crippen LogP contribution is -2.28. The smallest absolute Gasteiger partial charge is 0.250 e. The molecule has 19 heavy (non-hydrogen) atoms. The van der Waals surface area contributed by atoms with E-state index in [-0.39, 0.29) is 11.8 Å². The van der Waals surface area contributed by atoms with Gasteiger partial charge in [-0.15, -0.1) is 0 Å². The van der Waals surface area contributed by atoms with Gasteiger partial charge in [-0.2, -0.15) is 0 Å². The van der Waals surface area contributed by atoms with Gasteiger partial charge in [0.1, 0.15) is 0 Å². The van der Waals surface area contributed by atoms with Crippen molar-refractivity contribution in [2.24, 2.45) is 17.4 Å². The summed E-state index contributed by atoms with van der Waals surface area (Å²) >= 11 is 0. The zero-order valence-corrected chi connectivity index (χ0v) is 10.4. The highest BCUT2D eigenvalue weighted by molar-refractivity contribution is 6.06. The van der Waals surface area contributed by atoms with Gasteiger partial charge < -0.3 is 16.5 Å². The largest absolute Gasteiger partial charge is 0.369 e. The second kappa shape index (κ2) is 4.12. The zero-order valence-electron chi connectivity index (χ0n) is 10.4. The second-order valence-corrected chi connectivity index (χ2v) is 5.02. The number of hydrogen-bond acceptors (Lipinski definition) is 2. The maximum atomic E-state index is 11.4. The van der Waals surface area contributed by atoms with Gasteiger partial charge in [-0.05, 0) is 30.9 Å². The summed E-state index contributed by atoms with van der Waals surface area (Å²) in [5.41, 5.74) is 14.2. The molecule has 0 saturated heterocycles. The highest BCUT2D eigenvalue weighted by Gasteiger charge is 2.26. The molecule has 98 valence electrons. The van der Waals surface area contributed by atoms with Gasteiger partial charge in [-0.1, -0.05) is 12.1 Å². The third-order valence-corrected chi connectivity index (χ3v) is 3.89. The van der Waals surface area contributed by atoms with Crippen LogP contribution in [0.4, 0.5) is 0 Å². The summed E-state index contributed by atoms with van der Waals surface area (Å²) in [4.78, 5) is 26.0. The topological polar surface area (TPSA) is 102 Å². The van der Waals surface area contributed by atoms with Crippen molar-refractivity contribution in [3.63, 3.8) is 0 Å². The molecule has 2 aromatic rings. The first-order valence-corrected chi connectivity index (χ1v) is 6.29. The van der Waals surface area contributed by atoms with Crippen molar-refractivity contribution >= 4 is 22.7 Å². The molecular weight excluding hydrogens is 242 g/mol. The molecule has 0 aliphatic heterocycles. The van der Waals surface area contributed by atoms with Crippen molar-refractivity contribution in [1.29, 1.82) is 0 Å². The van der Waals surface area contributed by atoms with E-state index < -0.39 is 5.91 Å². The van der Waals surface area contributed by atoms with E-state index in [1.54, 1.807) is 6.07 Å². The quantitative estimate of drug-likeness (QED) is 0.742. The molecule has 1 unspecified atom stereocenters. The van der Waals surface area contributed by atoms with E-state index >= 15 is 0 Å². The number of rotatable bonds is 2. The van der Waals surface area contributed by atoms with Crippen LogP contribution in [0.2, 0.25) is 0 Å². The molecule has 1 atom stereocenters. The summed E-state index contributed by atoms with van der Waals surface area (Å²) in [5, 5.41) is 1.02. The molecule has 1 heterocycles. The predicted molar refractivity (Wildman–Crippen MR) is 71.5 cm³/mol. The fourth-order valence-corrected chi connectivity index (χ4v) is 2.90. The Bertz CT molecular complexity index is 687. The number of nitrogens with one attached hydrogen (secondary N) is 1. The molecule has 0 spiro atoms. The summed E-state index contributed by atoms with van der Waals surface area (Å²) in [7, 11) is 0. The molecule has 0 saturated carbocycles. The first-order valence-electron chi connectivity index (χ1n) is 6.29. The van der Waals surface area contributed by atoms with Crippen LogP contribution in [0.25, 0.3) is 10.9 Å². The first-order chi connectivity index (χ1) is 9.08. The summed E-state index contributed by atoms with van der Waals surface area (Å²) in [6, 6.07) is 5.51. The highest BCUT2D eigenvalue weighted by Crippen LogP contribution is 2.32. The number of hydrogen-bond donors (Lipinski definition) is 3. The molecule has 1 aromatic heterocycles. The Morgan fingerprint density at radius 2 is 2.05 bits per heavy atom. The Kier molecular flexibility index (Phi) is 2.55. The van der Waals surface area contributed by atoms with Gasteiger partial charge in [0.2, 0.25) is 5.91 Å². The molecule has 5 nitrogen and oxygen atoms in total. The number of para-hydroxylation sites is 1. The van der Waals surface area contributed by atoms with Gasteiger partial charge in [0.05, 0.1) is 11.1 Å². The fraction of sp³-hybridized carbons (Fsp3) is 0.286. The van der Waals surface area contributed by atoms with Gasteiger partial charge in [0, 0.05) is 17.0 Å². The van der Waals surface area contributed by atoms with E-state index in [1.165, 1.54) is 5.56 Å². The van der Waals surface area contributed by atoms with Crippen molar-refractivity contribution in [3.8, 4) is 0 Å². The number of amides is 2. The lowest BCUT2D eigenvalue weighted by molar-refractivity contribution is -0.122. The van der Waals surface area contributed by atoms with E-state index in [0.717, 1.165) is 29.4 Å². The average Bonchev–Trinajstić information content (AvgIpc) is 2.75. The number of fused-ring (bicyclic) bond motifs is 3. The number of aromatic nitrogens is 1. The average molecular weight is 257 g/mol. The van der Waals surface area contributed by atoms with E-state index in [0.29, 0.717) is 12.0 Å². The van der Waals surface area contributed by atoms with Crippen LogP contribution in [0.5, 0.6) is 0 Å². The number of carbonyl (C=O) groups excluding carboxylic acids is 2. The molecule has 3 rings (SSSR count). The number of aromatic amines is 1. The molecule has 1 aliphatic carbocycles. The summed E-state index contributed by atoms with van der Waals surface area (Å²) in [5.74, 6) is -0.840. The molecule has 0 fully saturated rings. The van der Waals surface area contributed by atoms with Crippen LogP contribution in [-0.4, -0.2) is 16.8 Å². The summed E-state index contributed by atoms with van der Waals surface area (Å²) in [6.07, 6.45) is 2.17. The third-order valence-electron chi connectivity index (χ3n) is 3.89. The Balaban J connectivity index is 2.15. The van der Waals surface area contributed by atoms with Crippen molar-refractivity contribution in [1.82, 2.24) is 4.98 Å². The van der Waals surface area contributed by atoms with Crippen molar-refractivity contribution < 1.29 is 9.59 Å². The number of benzene rings is 1. The van der Waals surface area contributed by atoms with Gasteiger partial charge in [-0.3, -0.25) is 9.59 Å². The van der Waals surface area contributed by atoms with Crippen LogP contribution in [0.3, 0.4) is 0 Å². The van der Waals surface area contributed by atoms with Crippen LogP contribution in [-0.2, 0) is 17.6 Å². The highest BCUT2D eigenvalue weighted by atomic mass is 16.1. The predicted octanol–water partition coefficient (Wildman–Crippen LogP) is 0.857. The first kappa shape index (κ1) is 11.8. The maximum Gasteiger partial charge on any atom is 0.250 e. The minimum absolute atomic E-state index is 0.127. The lowest BCUT2D eigenvalue weighted by atomic mass is 9.86. The van der Waals surface area contributed by atoms with Gasteiger partial charge in [-0.25, -0.2) is 0 Å². The molecule has 1 aliphatic rings. The monoisotopic (exact) mass is 257 g/mol. The molecule has 5 N–H and O–H groups in total. The minimum Gasteiger partial charge on any atom is -0.369 e. The summed E-state index contributed by atoms with van der Waals surface area (Å²) < 4.78 is 0. The van der Waals surface area contributed by atoms with E-state index in [4.69, 9.17) is 11.5 Å². The number of primary amides is 2. The number of H-pyrrole nitrogens is 1. The van der Waals surface area contributed by atoms with Crippen LogP contribution in [0.1, 0.15) is 28.0 Å². The Morgan fingerprint density at radius 3 is 2.74 bits per heavy atom. The summed E-state index contributed by atoms with van der Waals surface area (Å²) in [6.45, 7) is 0. The normalized spacial score (nSPS) is 18.2. The molecule has 5 heteroatoms. The van der Waals surface area contributed by atoms with Crippen LogP contribution in [0, 0.1) is 5.92 Å². The minimum atomic E-state index is -0.448. The fourth-order valence-electron chi connectivity index (χ4n) is 2.90. The third kappa shape index (κ3) is 1.78. The van der Waals surface area contributed by atoms with E-state index in [2.05, 4.69) is 4.98 Å². The Morgan fingerprint density at radius 1 is 1.26 bits per heavy atom. The molecule has 2 amide bonds. The Labute approximate surface area is 110 Å². The van der Waals surface area contributed by atoms with Crippen molar-refractivity contribution in [2.75, 3.05) is 0 Å². The number of carbonyl (C=O) groups is 2. The maximum absolute atomic E-state index is 11.4. The van der Waals surface area contributed by atoms with E-state index in [9.17, 15) is 9.59 Å².